The quantitative estimate of drug-likeness (QED) is 0.0105. The standard InChI is InChI=1S/C9H11NO2S.C7H9N3OS2.C7H13N3OS.C7H9NOS.C6H9ClO3.C3H5NO.C3H5NS.3CH4.Al.Li.P2S5.4H/c1-4-7-10-6(3)8(13-7)9(11)12-5-2;1-4-6(3-11)13-7(8-4)5-2-10(5)9-12;1-4-6(3-11)12-7(10-4)5(9)2-8;1-3-7-8-5(2)6(4-9)10-7;1-3-10-6(9)5(7)4(2)8;2*1-2-3(4)5;;;;;;3-1-2-5-7-6-4;;;;/h4H,1,5H2,2-3H3;5,11H,2-3H2,1H3;5,11H,2-3,8-9H2,1H3;3,9H,1,4H2,2H3;5H,3H2,1-2H3;2*2H,1H2,(H2,4,5);3*1H4;;;;;;;/q;;;;;;;;;;;+1;;;;;-1. The fourth-order valence-corrected chi connectivity index (χ4v) is 17.4. The molecule has 3 unspecified atom stereocenters. The fourth-order valence-electron chi connectivity index (χ4n) is 4.02. The maximum absolute atomic E-state index is 11.3. The largest absolute Gasteiger partial charge is 1.00 e. The number of ketones is 1. The Bertz CT molecular complexity index is 2640. The van der Waals surface area contributed by atoms with Gasteiger partial charge in [0.25, 0.3) is 0 Å². The van der Waals surface area contributed by atoms with E-state index in [1.54, 1.807) is 67.6 Å². The van der Waals surface area contributed by atoms with Gasteiger partial charge in [-0.2, -0.15) is 0 Å². The molecule has 448 valence electrons. The number of hydrogen-bond donors (Lipinski definition) is 7. The van der Waals surface area contributed by atoms with Crippen molar-refractivity contribution in [1.82, 2.24) is 24.9 Å². The number of hydrogen-bond acceptors (Lipinski definition) is 24. The predicted molar refractivity (Wildman–Crippen MR) is 362 cm³/mol. The van der Waals surface area contributed by atoms with Crippen LogP contribution in [0.5, 0.6) is 0 Å². The maximum atomic E-state index is 11.3. The molecule has 80 heavy (non-hydrogen) atoms. The van der Waals surface area contributed by atoms with Crippen molar-refractivity contribution in [1.29, 1.82) is 0 Å². The molecular formula is C45H77AlClLiN10O9P2S11. The minimum atomic E-state index is -1.14. The van der Waals surface area contributed by atoms with Gasteiger partial charge in [-0.3, -0.25) is 14.6 Å². The number of halogens is 1. The number of rotatable bonds is 17. The van der Waals surface area contributed by atoms with Gasteiger partial charge in [0.15, 0.2) is 28.5 Å². The molecule has 0 aliphatic carbocycles. The number of aryl methyl sites for hydroxylation is 4. The first-order chi connectivity index (χ1) is 35.4. The molecule has 5 rings (SSSR count). The Balaban J connectivity index is -0.000000105. The fraction of sp³-hybridized carbons (Fsp3) is 0.444. The summed E-state index contributed by atoms with van der Waals surface area (Å²) in [5.74, 6) is -1.84. The Labute approximate surface area is 550 Å². The maximum Gasteiger partial charge on any atom is 1.00 e. The second kappa shape index (κ2) is 57.6. The number of primary amides is 1. The summed E-state index contributed by atoms with van der Waals surface area (Å²) in [6, 6.07) is 0.0653. The second-order valence-corrected chi connectivity index (χ2v) is 28.3. The van der Waals surface area contributed by atoms with Crippen LogP contribution in [0.1, 0.15) is 124 Å². The van der Waals surface area contributed by atoms with Crippen LogP contribution in [0.2, 0.25) is 0 Å². The van der Waals surface area contributed by atoms with Gasteiger partial charge in [0.1, 0.15) is 30.9 Å². The number of amides is 1. The summed E-state index contributed by atoms with van der Waals surface area (Å²) in [4.78, 5) is 62.3. The van der Waals surface area contributed by atoms with Gasteiger partial charge in [0.2, 0.25) is 5.91 Å². The van der Waals surface area contributed by atoms with E-state index in [4.69, 9.17) is 48.9 Å². The van der Waals surface area contributed by atoms with E-state index in [0.29, 0.717) is 28.7 Å². The van der Waals surface area contributed by atoms with E-state index >= 15 is 0 Å². The number of carbonyl (C=O) groups is 4. The van der Waals surface area contributed by atoms with Crippen LogP contribution in [0.3, 0.4) is 0 Å². The zero-order valence-corrected chi connectivity index (χ0v) is 54.4. The number of aliphatic hydroxyl groups is 3. The predicted octanol–water partition coefficient (Wildman–Crippen LogP) is 5.12. The number of thiazole rings is 4. The molecule has 11 N–H and O–H groups in total. The van der Waals surface area contributed by atoms with E-state index in [1.165, 1.54) is 62.9 Å². The zero-order chi connectivity index (χ0) is 58.2. The second-order valence-electron chi connectivity index (χ2n) is 13.1. The van der Waals surface area contributed by atoms with Gasteiger partial charge in [-0.25, -0.2) is 29.5 Å². The number of aromatic nitrogens is 4. The summed E-state index contributed by atoms with van der Waals surface area (Å²) in [6.07, 6.45) is 5.80. The minimum absolute atomic E-state index is 0. The first-order valence-corrected chi connectivity index (χ1v) is 33.9. The van der Waals surface area contributed by atoms with Gasteiger partial charge in [-0.05, 0) is 123 Å². The SMILES string of the molecule is C.C.C.C=CC(N)=O.C=CC(N)=S.C=Cc1nc(C)c(C(=O)OCC)s1.C=Cc1nc(C)c(CO)s1.CCOC(=O)C(Cl)C(C)=O.Cc1nc(C(N)CN)sc1CO.Cc1nc(C2CN2N=S)sc1CO.S=PP=S=S=S=S.[AlH3].[H-].[Li+]. The van der Waals surface area contributed by atoms with Gasteiger partial charge in [-0.15, -0.1) is 61.4 Å². The molecule has 4 aromatic rings. The molecule has 1 aliphatic heterocycles. The number of alkyl halides is 1. The first kappa shape index (κ1) is 94.6. The van der Waals surface area contributed by atoms with E-state index in [2.05, 4.69) is 109 Å². The number of esters is 2. The summed E-state index contributed by atoms with van der Waals surface area (Å²) in [5, 5.41) is 30.7. The van der Waals surface area contributed by atoms with E-state index in [-0.39, 0.29) is 110 Å². The van der Waals surface area contributed by atoms with E-state index in [0.717, 1.165) is 71.4 Å². The number of thiocarbonyl (C=S) groups is 1. The van der Waals surface area contributed by atoms with Crippen molar-refractivity contribution < 1.29 is 64.3 Å². The molecule has 3 atom stereocenters. The van der Waals surface area contributed by atoms with Crippen LogP contribution in [0.15, 0.2) is 42.9 Å². The first-order valence-electron chi connectivity index (χ1n) is 20.9. The molecule has 5 heterocycles. The molecule has 0 spiro atoms. The number of aliphatic hydroxyl groups excluding tert-OH is 3. The van der Waals surface area contributed by atoms with Crippen LogP contribution < -0.4 is 41.8 Å². The van der Waals surface area contributed by atoms with Gasteiger partial charge < -0.3 is 49.2 Å². The average molecular weight is 1390 g/mol. The molecule has 1 aliphatic rings. The van der Waals surface area contributed by atoms with Gasteiger partial charge >= 0.3 is 30.8 Å². The molecule has 4 aromatic heterocycles. The van der Waals surface area contributed by atoms with Crippen LogP contribution in [0.25, 0.3) is 12.2 Å². The number of nitrogens with two attached hydrogens (primary N) is 4. The zero-order valence-electron chi connectivity index (χ0n) is 43.9. The molecule has 0 saturated carbocycles. The normalized spacial score (nSPS) is 11.2. The average Bonchev–Trinajstić information content (AvgIpc) is 3.60. The van der Waals surface area contributed by atoms with Crippen molar-refractivity contribution in [3.63, 3.8) is 0 Å². The van der Waals surface area contributed by atoms with Gasteiger partial charge in [0.05, 0.1) is 100 Å². The Morgan fingerprint density at radius 1 is 0.863 bits per heavy atom. The molecular weight excluding hydrogens is 1310 g/mol. The number of Topliss-reactive ketones (excluding diaryl/α,β-unsaturated/α-hetero) is 1. The van der Waals surface area contributed by atoms with E-state index in [9.17, 15) is 19.2 Å². The Kier molecular flexibility index (Phi) is 68.1. The third-order valence-corrected chi connectivity index (χ3v) is 23.3. The number of carbonyl (C=O) groups excluding carboxylic acids is 4. The Hall–Kier alpha value is -1.81. The van der Waals surface area contributed by atoms with Crippen molar-refractivity contribution in [3.05, 3.63) is 101 Å². The number of ether oxygens (including phenoxy) is 2. The molecule has 1 amide bonds. The summed E-state index contributed by atoms with van der Waals surface area (Å²) in [5.41, 5.74) is 23.9. The molecule has 19 nitrogen and oxygen atoms in total. The van der Waals surface area contributed by atoms with Crippen LogP contribution >= 0.6 is 83.3 Å². The third-order valence-electron chi connectivity index (χ3n) is 7.71. The number of nitrogens with zero attached hydrogens (tertiary/aromatic N) is 6. The van der Waals surface area contributed by atoms with Crippen LogP contribution in [-0.4, -0.2) is 118 Å². The minimum Gasteiger partial charge on any atom is -1.00 e. The van der Waals surface area contributed by atoms with Crippen molar-refractivity contribution in [3.8, 4) is 0 Å². The monoisotopic (exact) mass is 1380 g/mol. The van der Waals surface area contributed by atoms with E-state index < -0.39 is 17.3 Å². The van der Waals surface area contributed by atoms with Gasteiger partial charge in [0, 0.05) is 20.6 Å². The molecule has 35 heteroatoms. The van der Waals surface area contributed by atoms with Crippen LogP contribution in [0, 0.1) is 27.7 Å². The molecule has 0 aromatic carbocycles. The summed E-state index contributed by atoms with van der Waals surface area (Å²) in [7, 11) is 6.83. The van der Waals surface area contributed by atoms with Crippen LogP contribution in [-0.2, 0) is 106 Å². The van der Waals surface area contributed by atoms with Crippen molar-refractivity contribution >= 4 is 204 Å². The van der Waals surface area contributed by atoms with Crippen molar-refractivity contribution in [2.24, 2.45) is 27.4 Å². The molecule has 0 radical (unpaired) electrons. The Morgan fingerprint density at radius 3 is 1.64 bits per heavy atom. The smallest absolute Gasteiger partial charge is 1.00 e. The summed E-state index contributed by atoms with van der Waals surface area (Å²) in [6.45, 7) is 27.7. The summed E-state index contributed by atoms with van der Waals surface area (Å²) >= 11 is 29.2. The molecule has 1 fully saturated rings. The third kappa shape index (κ3) is 42.9. The van der Waals surface area contributed by atoms with Gasteiger partial charge in [-0.1, -0.05) is 60.8 Å². The topological polar surface area (TPSA) is 318 Å². The molecule has 1 saturated heterocycles. The van der Waals surface area contributed by atoms with E-state index in [1.807, 2.05) is 20.8 Å². The molecule has 0 bridgehead atoms. The van der Waals surface area contributed by atoms with Crippen LogP contribution in [0.4, 0.5) is 0 Å². The van der Waals surface area contributed by atoms with Crippen molar-refractivity contribution in [2.45, 2.75) is 108 Å². The van der Waals surface area contributed by atoms with Crippen molar-refractivity contribution in [2.75, 3.05) is 26.3 Å². The Morgan fingerprint density at radius 2 is 1.31 bits per heavy atom. The summed E-state index contributed by atoms with van der Waals surface area (Å²) < 4.78 is 13.0.